The molecular formula is C23H39N5O. The number of rotatable bonds is 11. The minimum Gasteiger partial charge on any atom is -0.354 e. The van der Waals surface area contributed by atoms with Gasteiger partial charge in [-0.2, -0.15) is 0 Å². The maximum Gasteiger partial charge on any atom is 0.222 e. The molecule has 1 saturated heterocycles. The average molecular weight is 402 g/mol. The van der Waals surface area contributed by atoms with Crippen LogP contribution in [0, 0.1) is 0 Å². The SMILES string of the molecule is CCN(CC)CCCC(C)NC(=NC)NCc1ccccc1CN1CCCC1=O. The van der Waals surface area contributed by atoms with Gasteiger partial charge in [-0.3, -0.25) is 9.79 Å². The van der Waals surface area contributed by atoms with Crippen LogP contribution in [0.25, 0.3) is 0 Å². The van der Waals surface area contributed by atoms with Crippen molar-refractivity contribution in [2.45, 2.75) is 65.6 Å². The third-order valence-corrected chi connectivity index (χ3v) is 5.71. The Bertz CT molecular complexity index is 656. The van der Waals surface area contributed by atoms with Gasteiger partial charge in [-0.05, 0) is 56.9 Å². The first-order valence-electron chi connectivity index (χ1n) is 11.1. The molecule has 6 nitrogen and oxygen atoms in total. The zero-order valence-corrected chi connectivity index (χ0v) is 18.7. The monoisotopic (exact) mass is 401 g/mol. The van der Waals surface area contributed by atoms with Crippen molar-refractivity contribution in [1.29, 1.82) is 0 Å². The lowest BCUT2D eigenvalue weighted by Gasteiger charge is -2.22. The lowest BCUT2D eigenvalue weighted by Crippen LogP contribution is -2.42. The van der Waals surface area contributed by atoms with Gasteiger partial charge >= 0.3 is 0 Å². The topological polar surface area (TPSA) is 60.0 Å². The highest BCUT2D eigenvalue weighted by molar-refractivity contribution is 5.80. The van der Waals surface area contributed by atoms with Crippen LogP contribution in [0.15, 0.2) is 29.3 Å². The molecule has 1 aliphatic rings. The summed E-state index contributed by atoms with van der Waals surface area (Å²) in [6, 6.07) is 8.72. The molecule has 0 saturated carbocycles. The number of likely N-dealkylation sites (tertiary alicyclic amines) is 1. The molecule has 1 aliphatic heterocycles. The molecule has 162 valence electrons. The Morgan fingerprint density at radius 1 is 1.24 bits per heavy atom. The van der Waals surface area contributed by atoms with E-state index in [9.17, 15) is 4.79 Å². The number of hydrogen-bond donors (Lipinski definition) is 2. The number of carbonyl (C=O) groups excluding carboxylic acids is 1. The van der Waals surface area contributed by atoms with E-state index in [0.29, 0.717) is 25.6 Å². The molecule has 0 bridgehead atoms. The number of amides is 1. The third-order valence-electron chi connectivity index (χ3n) is 5.71. The standard InChI is InChI=1S/C23H39N5O/c1-5-27(6-2)15-9-11-19(3)26-23(24-4)25-17-20-12-7-8-13-21(20)18-28-16-10-14-22(28)29/h7-8,12-13,19H,5-6,9-11,14-18H2,1-4H3,(H2,24,25,26). The minimum absolute atomic E-state index is 0.267. The molecule has 1 heterocycles. The highest BCUT2D eigenvalue weighted by Crippen LogP contribution is 2.17. The first kappa shape index (κ1) is 23.2. The van der Waals surface area contributed by atoms with E-state index in [0.717, 1.165) is 45.0 Å². The second-order valence-electron chi connectivity index (χ2n) is 7.83. The van der Waals surface area contributed by atoms with Crippen molar-refractivity contribution < 1.29 is 4.79 Å². The van der Waals surface area contributed by atoms with Gasteiger partial charge in [-0.15, -0.1) is 0 Å². The van der Waals surface area contributed by atoms with Crippen molar-refractivity contribution in [2.24, 2.45) is 4.99 Å². The number of aliphatic imine (C=N–C) groups is 1. The summed E-state index contributed by atoms with van der Waals surface area (Å²) >= 11 is 0. The summed E-state index contributed by atoms with van der Waals surface area (Å²) in [5, 5.41) is 6.94. The third kappa shape index (κ3) is 7.69. The molecule has 0 aliphatic carbocycles. The Morgan fingerprint density at radius 3 is 2.59 bits per heavy atom. The molecule has 1 aromatic rings. The zero-order chi connectivity index (χ0) is 21.1. The van der Waals surface area contributed by atoms with Crippen molar-refractivity contribution in [1.82, 2.24) is 20.4 Å². The van der Waals surface area contributed by atoms with Crippen LogP contribution in [0.3, 0.4) is 0 Å². The van der Waals surface area contributed by atoms with E-state index in [1.54, 1.807) is 0 Å². The fourth-order valence-corrected chi connectivity index (χ4v) is 3.80. The van der Waals surface area contributed by atoms with Gasteiger partial charge in [0, 0.05) is 39.1 Å². The molecule has 0 aromatic heterocycles. The Morgan fingerprint density at radius 2 is 1.97 bits per heavy atom. The minimum atomic E-state index is 0.267. The van der Waals surface area contributed by atoms with Gasteiger partial charge in [-0.1, -0.05) is 38.1 Å². The van der Waals surface area contributed by atoms with Crippen LogP contribution >= 0.6 is 0 Å². The first-order valence-corrected chi connectivity index (χ1v) is 11.1. The van der Waals surface area contributed by atoms with Gasteiger partial charge in [0.05, 0.1) is 0 Å². The summed E-state index contributed by atoms with van der Waals surface area (Å²) < 4.78 is 0. The van der Waals surface area contributed by atoms with Crippen LogP contribution in [-0.4, -0.2) is 60.9 Å². The summed E-state index contributed by atoms with van der Waals surface area (Å²) in [6.07, 6.45) is 3.95. The van der Waals surface area contributed by atoms with Crippen molar-refractivity contribution in [3.8, 4) is 0 Å². The summed E-state index contributed by atoms with van der Waals surface area (Å²) in [5.74, 6) is 1.09. The molecule has 1 fully saturated rings. The average Bonchev–Trinajstić information content (AvgIpc) is 3.14. The van der Waals surface area contributed by atoms with E-state index < -0.39 is 0 Å². The molecule has 6 heteroatoms. The predicted octanol–water partition coefficient (Wildman–Crippen LogP) is 2.98. The number of nitrogens with one attached hydrogen (secondary N) is 2. The van der Waals surface area contributed by atoms with E-state index in [1.165, 1.54) is 17.5 Å². The van der Waals surface area contributed by atoms with Crippen molar-refractivity contribution in [2.75, 3.05) is 33.2 Å². The number of benzene rings is 1. The van der Waals surface area contributed by atoms with Crippen LogP contribution in [0.2, 0.25) is 0 Å². The molecule has 1 aromatic carbocycles. The van der Waals surface area contributed by atoms with E-state index in [2.05, 4.69) is 59.5 Å². The van der Waals surface area contributed by atoms with Gasteiger partial charge in [-0.25, -0.2) is 0 Å². The van der Waals surface area contributed by atoms with Crippen LogP contribution in [0.5, 0.6) is 0 Å². The second-order valence-corrected chi connectivity index (χ2v) is 7.83. The summed E-state index contributed by atoms with van der Waals surface area (Å²) in [5.41, 5.74) is 2.42. The van der Waals surface area contributed by atoms with E-state index in [-0.39, 0.29) is 5.91 Å². The summed E-state index contributed by atoms with van der Waals surface area (Å²) in [4.78, 5) is 20.8. The van der Waals surface area contributed by atoms with Gasteiger partial charge in [0.1, 0.15) is 0 Å². The largest absolute Gasteiger partial charge is 0.354 e. The lowest BCUT2D eigenvalue weighted by atomic mass is 10.1. The number of hydrogen-bond acceptors (Lipinski definition) is 3. The fourth-order valence-electron chi connectivity index (χ4n) is 3.80. The van der Waals surface area contributed by atoms with E-state index >= 15 is 0 Å². The normalized spacial score (nSPS) is 15.8. The molecule has 1 unspecified atom stereocenters. The van der Waals surface area contributed by atoms with Crippen molar-refractivity contribution in [3.05, 3.63) is 35.4 Å². The Balaban J connectivity index is 1.82. The molecule has 2 rings (SSSR count). The summed E-state index contributed by atoms with van der Waals surface area (Å²) in [6.45, 7) is 12.3. The number of guanidine groups is 1. The number of carbonyl (C=O) groups is 1. The van der Waals surface area contributed by atoms with Crippen LogP contribution in [0.4, 0.5) is 0 Å². The van der Waals surface area contributed by atoms with Crippen molar-refractivity contribution in [3.63, 3.8) is 0 Å². The van der Waals surface area contributed by atoms with Crippen LogP contribution in [0.1, 0.15) is 57.6 Å². The fraction of sp³-hybridized carbons (Fsp3) is 0.652. The maximum atomic E-state index is 12.0. The maximum absolute atomic E-state index is 12.0. The molecule has 0 spiro atoms. The Kier molecular flexibility index (Phi) is 9.98. The van der Waals surface area contributed by atoms with E-state index in [1.807, 2.05) is 18.0 Å². The predicted molar refractivity (Wildman–Crippen MR) is 121 cm³/mol. The molecule has 2 N–H and O–H groups in total. The molecule has 29 heavy (non-hydrogen) atoms. The van der Waals surface area contributed by atoms with Crippen molar-refractivity contribution >= 4 is 11.9 Å². The quantitative estimate of drug-likeness (QED) is 0.442. The second kappa shape index (κ2) is 12.5. The Hall–Kier alpha value is -2.08. The van der Waals surface area contributed by atoms with Crippen LogP contribution in [-0.2, 0) is 17.9 Å². The molecule has 0 radical (unpaired) electrons. The lowest BCUT2D eigenvalue weighted by molar-refractivity contribution is -0.128. The van der Waals surface area contributed by atoms with Gasteiger partial charge in [0.15, 0.2) is 5.96 Å². The number of nitrogens with zero attached hydrogens (tertiary/aromatic N) is 3. The van der Waals surface area contributed by atoms with Gasteiger partial charge in [0.2, 0.25) is 5.91 Å². The molecular weight excluding hydrogens is 362 g/mol. The summed E-state index contributed by atoms with van der Waals surface area (Å²) in [7, 11) is 1.81. The highest BCUT2D eigenvalue weighted by Gasteiger charge is 2.20. The smallest absolute Gasteiger partial charge is 0.222 e. The highest BCUT2D eigenvalue weighted by atomic mass is 16.2. The first-order chi connectivity index (χ1) is 14.1. The Labute approximate surface area is 176 Å². The van der Waals surface area contributed by atoms with Gasteiger partial charge in [0.25, 0.3) is 0 Å². The van der Waals surface area contributed by atoms with E-state index in [4.69, 9.17) is 0 Å². The molecule has 1 amide bonds. The van der Waals surface area contributed by atoms with Crippen LogP contribution < -0.4 is 10.6 Å². The molecule has 1 atom stereocenters. The zero-order valence-electron chi connectivity index (χ0n) is 18.7. The van der Waals surface area contributed by atoms with Gasteiger partial charge < -0.3 is 20.4 Å².